The van der Waals surface area contributed by atoms with Crippen LogP contribution in [0.4, 0.5) is 0 Å². The van der Waals surface area contributed by atoms with Crippen LogP contribution in [0.5, 0.6) is 5.75 Å². The maximum atomic E-state index is 12.0. The number of nitrogens with zero attached hydrogens (tertiary/aromatic N) is 1. The molecule has 0 saturated carbocycles. The number of ether oxygens (including phenoxy) is 1. The minimum atomic E-state index is -0.324. The molecule has 1 amide bonds. The number of benzene rings is 2. The number of carbonyl (C=O) groups is 1. The molecular formula is C15H13BrN2O2. The summed E-state index contributed by atoms with van der Waals surface area (Å²) in [6.07, 6.45) is 1.59. The second-order valence-electron chi connectivity index (χ2n) is 3.95. The molecule has 5 heteroatoms. The van der Waals surface area contributed by atoms with Crippen molar-refractivity contribution < 1.29 is 9.53 Å². The van der Waals surface area contributed by atoms with Gasteiger partial charge in [0.1, 0.15) is 5.75 Å². The first-order valence-electron chi connectivity index (χ1n) is 5.92. The molecule has 1 N–H and O–H groups in total. The van der Waals surface area contributed by atoms with Crippen LogP contribution in [0.2, 0.25) is 0 Å². The Balaban J connectivity index is 2.09. The van der Waals surface area contributed by atoms with Gasteiger partial charge in [-0.3, -0.25) is 4.79 Å². The maximum absolute atomic E-state index is 12.0. The van der Waals surface area contributed by atoms with Crippen molar-refractivity contribution in [2.45, 2.75) is 0 Å². The fourth-order valence-electron chi connectivity index (χ4n) is 1.62. The largest absolute Gasteiger partial charge is 0.496 e. The Morgan fingerprint density at radius 2 is 2.00 bits per heavy atom. The Bertz CT molecular complexity index is 627. The monoisotopic (exact) mass is 332 g/mol. The number of methoxy groups -OCH3 is 1. The molecule has 2 aromatic rings. The molecule has 0 saturated heterocycles. The Labute approximate surface area is 125 Å². The molecule has 0 aliphatic carbocycles. The lowest BCUT2D eigenvalue weighted by Crippen LogP contribution is -2.18. The van der Waals surface area contributed by atoms with Crippen LogP contribution in [0.1, 0.15) is 15.9 Å². The minimum Gasteiger partial charge on any atom is -0.496 e. The lowest BCUT2D eigenvalue weighted by Gasteiger charge is -2.07. The van der Waals surface area contributed by atoms with E-state index in [1.165, 1.54) is 7.11 Å². The van der Waals surface area contributed by atoms with E-state index in [9.17, 15) is 4.79 Å². The summed E-state index contributed by atoms with van der Waals surface area (Å²) in [4.78, 5) is 12.0. The van der Waals surface area contributed by atoms with Gasteiger partial charge in [0.25, 0.3) is 5.91 Å². The van der Waals surface area contributed by atoms with Crippen molar-refractivity contribution >= 4 is 28.1 Å². The molecule has 20 heavy (non-hydrogen) atoms. The van der Waals surface area contributed by atoms with E-state index in [0.717, 1.165) is 10.0 Å². The standard InChI is InChI=1S/C15H13BrN2O2/c1-20-14-8-7-12(16)9-13(14)15(19)18-17-10-11-5-3-2-4-6-11/h2-10H,1H3,(H,18,19)/b17-10+. The molecule has 0 bridgehead atoms. The van der Waals surface area contributed by atoms with Gasteiger partial charge in [-0.15, -0.1) is 0 Å². The van der Waals surface area contributed by atoms with E-state index in [1.54, 1.807) is 18.3 Å². The number of hydrogen-bond acceptors (Lipinski definition) is 3. The average molecular weight is 333 g/mol. The van der Waals surface area contributed by atoms with Crippen LogP contribution in [0.3, 0.4) is 0 Å². The highest BCUT2D eigenvalue weighted by molar-refractivity contribution is 9.10. The van der Waals surface area contributed by atoms with Crippen LogP contribution in [0, 0.1) is 0 Å². The molecule has 0 radical (unpaired) electrons. The van der Waals surface area contributed by atoms with Crippen LogP contribution >= 0.6 is 15.9 Å². The number of nitrogens with one attached hydrogen (secondary N) is 1. The number of amides is 1. The summed E-state index contributed by atoms with van der Waals surface area (Å²) in [5, 5.41) is 3.93. The van der Waals surface area contributed by atoms with Crippen LogP contribution in [-0.4, -0.2) is 19.2 Å². The number of rotatable bonds is 4. The molecule has 0 fully saturated rings. The number of hydrogen-bond donors (Lipinski definition) is 1. The summed E-state index contributed by atoms with van der Waals surface area (Å²) in [6, 6.07) is 14.7. The molecule has 2 rings (SSSR count). The molecule has 0 aromatic heterocycles. The van der Waals surface area contributed by atoms with Crippen LogP contribution in [0.25, 0.3) is 0 Å². The number of halogens is 1. The Morgan fingerprint density at radius 1 is 1.25 bits per heavy atom. The molecule has 0 spiro atoms. The highest BCUT2D eigenvalue weighted by Crippen LogP contribution is 2.22. The molecule has 0 unspecified atom stereocenters. The number of hydrazone groups is 1. The SMILES string of the molecule is COc1ccc(Br)cc1C(=O)N/N=C/c1ccccc1. The summed E-state index contributed by atoms with van der Waals surface area (Å²) in [6.45, 7) is 0. The van der Waals surface area contributed by atoms with Gasteiger partial charge in [-0.2, -0.15) is 5.10 Å². The molecule has 0 heterocycles. The van der Waals surface area contributed by atoms with Gasteiger partial charge >= 0.3 is 0 Å². The van der Waals surface area contributed by atoms with Gasteiger partial charge in [0.15, 0.2) is 0 Å². The molecule has 0 aliphatic rings. The van der Waals surface area contributed by atoms with Gasteiger partial charge in [-0.25, -0.2) is 5.43 Å². The van der Waals surface area contributed by atoms with Gasteiger partial charge in [0.05, 0.1) is 18.9 Å². The molecule has 2 aromatic carbocycles. The average Bonchev–Trinajstić information content (AvgIpc) is 2.48. The second kappa shape index (κ2) is 6.86. The zero-order chi connectivity index (χ0) is 14.4. The third-order valence-electron chi connectivity index (χ3n) is 2.59. The molecule has 0 atom stereocenters. The topological polar surface area (TPSA) is 50.7 Å². The van der Waals surface area contributed by atoms with Gasteiger partial charge < -0.3 is 4.74 Å². The second-order valence-corrected chi connectivity index (χ2v) is 4.87. The van der Waals surface area contributed by atoms with Gasteiger partial charge in [-0.1, -0.05) is 46.3 Å². The van der Waals surface area contributed by atoms with E-state index in [0.29, 0.717) is 11.3 Å². The van der Waals surface area contributed by atoms with E-state index in [1.807, 2.05) is 36.4 Å². The number of carbonyl (C=O) groups excluding carboxylic acids is 1. The maximum Gasteiger partial charge on any atom is 0.275 e. The summed E-state index contributed by atoms with van der Waals surface area (Å²) >= 11 is 3.32. The van der Waals surface area contributed by atoms with Crippen molar-refractivity contribution in [2.75, 3.05) is 7.11 Å². The van der Waals surface area contributed by atoms with Crippen molar-refractivity contribution in [2.24, 2.45) is 5.10 Å². The Hall–Kier alpha value is -2.14. The van der Waals surface area contributed by atoms with E-state index >= 15 is 0 Å². The van der Waals surface area contributed by atoms with E-state index < -0.39 is 0 Å². The van der Waals surface area contributed by atoms with Crippen molar-refractivity contribution in [1.29, 1.82) is 0 Å². The summed E-state index contributed by atoms with van der Waals surface area (Å²) < 4.78 is 5.95. The molecular weight excluding hydrogens is 320 g/mol. The summed E-state index contributed by atoms with van der Waals surface area (Å²) in [7, 11) is 1.52. The third-order valence-corrected chi connectivity index (χ3v) is 3.08. The van der Waals surface area contributed by atoms with Crippen molar-refractivity contribution in [1.82, 2.24) is 5.43 Å². The van der Waals surface area contributed by atoms with Crippen LogP contribution < -0.4 is 10.2 Å². The van der Waals surface area contributed by atoms with E-state index in [4.69, 9.17) is 4.74 Å². The lowest BCUT2D eigenvalue weighted by atomic mass is 10.2. The lowest BCUT2D eigenvalue weighted by molar-refractivity contribution is 0.0952. The predicted octanol–water partition coefficient (Wildman–Crippen LogP) is 3.22. The summed E-state index contributed by atoms with van der Waals surface area (Å²) in [5.41, 5.74) is 3.81. The molecule has 4 nitrogen and oxygen atoms in total. The quantitative estimate of drug-likeness (QED) is 0.690. The highest BCUT2D eigenvalue weighted by atomic mass is 79.9. The Morgan fingerprint density at radius 3 is 2.70 bits per heavy atom. The zero-order valence-corrected chi connectivity index (χ0v) is 12.4. The normalized spacial score (nSPS) is 10.5. The van der Waals surface area contributed by atoms with Crippen LogP contribution in [-0.2, 0) is 0 Å². The predicted molar refractivity (Wildman–Crippen MR) is 82.2 cm³/mol. The summed E-state index contributed by atoms with van der Waals surface area (Å²) in [5.74, 6) is 0.177. The van der Waals surface area contributed by atoms with Gasteiger partial charge in [0, 0.05) is 4.47 Å². The first kappa shape index (κ1) is 14.3. The first-order chi connectivity index (χ1) is 9.70. The first-order valence-corrected chi connectivity index (χ1v) is 6.72. The fraction of sp³-hybridized carbons (Fsp3) is 0.0667. The van der Waals surface area contributed by atoms with Crippen molar-refractivity contribution in [3.63, 3.8) is 0 Å². The highest BCUT2D eigenvalue weighted by Gasteiger charge is 2.11. The van der Waals surface area contributed by atoms with Gasteiger partial charge in [-0.05, 0) is 23.8 Å². The van der Waals surface area contributed by atoms with E-state index in [-0.39, 0.29) is 5.91 Å². The zero-order valence-electron chi connectivity index (χ0n) is 10.8. The van der Waals surface area contributed by atoms with Crippen molar-refractivity contribution in [3.05, 3.63) is 64.1 Å². The van der Waals surface area contributed by atoms with Gasteiger partial charge in [0.2, 0.25) is 0 Å². The smallest absolute Gasteiger partial charge is 0.275 e. The van der Waals surface area contributed by atoms with Crippen LogP contribution in [0.15, 0.2) is 58.1 Å². The minimum absolute atomic E-state index is 0.324. The molecule has 0 aliphatic heterocycles. The van der Waals surface area contributed by atoms with Crippen molar-refractivity contribution in [3.8, 4) is 5.75 Å². The Kier molecular flexibility index (Phi) is 4.90. The third kappa shape index (κ3) is 3.68. The fourth-order valence-corrected chi connectivity index (χ4v) is 1.98. The molecule has 102 valence electrons. The van der Waals surface area contributed by atoms with E-state index in [2.05, 4.69) is 26.5 Å².